The van der Waals surface area contributed by atoms with Crippen LogP contribution in [0.1, 0.15) is 31.0 Å². The molecule has 6 heteroatoms. The molecule has 1 aromatic heterocycles. The number of likely N-dealkylation sites (tertiary alicyclic amines) is 1. The molecule has 0 aliphatic carbocycles. The van der Waals surface area contributed by atoms with Crippen LogP contribution in [-0.2, 0) is 4.79 Å². The van der Waals surface area contributed by atoms with Crippen LogP contribution in [0, 0.1) is 0 Å². The first-order valence-electron chi connectivity index (χ1n) is 8.03. The lowest BCUT2D eigenvalue weighted by Gasteiger charge is -2.32. The molecule has 2 N–H and O–H groups in total. The normalized spacial score (nSPS) is 21.6. The Labute approximate surface area is 125 Å². The summed E-state index contributed by atoms with van der Waals surface area (Å²) in [6.07, 6.45) is 6.65. The molecular weight excluding hydrogens is 266 g/mol. The molecule has 2 aliphatic rings. The summed E-state index contributed by atoms with van der Waals surface area (Å²) in [4.78, 5) is 24.1. The van der Waals surface area contributed by atoms with Gasteiger partial charge in [0.25, 0.3) is 0 Å². The lowest BCUT2D eigenvalue weighted by atomic mass is 9.96. The zero-order chi connectivity index (χ0) is 14.5. The van der Waals surface area contributed by atoms with Crippen LogP contribution >= 0.6 is 0 Å². The van der Waals surface area contributed by atoms with E-state index in [9.17, 15) is 4.79 Å². The molecule has 116 valence electrons. The molecule has 21 heavy (non-hydrogen) atoms. The van der Waals surface area contributed by atoms with Crippen molar-refractivity contribution < 1.29 is 4.79 Å². The minimum absolute atomic E-state index is 0.310. The molecule has 0 unspecified atom stereocenters. The number of piperazine rings is 1. The van der Waals surface area contributed by atoms with Gasteiger partial charge in [-0.1, -0.05) is 0 Å². The Balaban J connectivity index is 1.38. The van der Waals surface area contributed by atoms with Crippen molar-refractivity contribution in [1.82, 2.24) is 25.1 Å². The smallest absolute Gasteiger partial charge is 0.223 e. The van der Waals surface area contributed by atoms with Gasteiger partial charge in [-0.05, 0) is 25.9 Å². The Morgan fingerprint density at radius 3 is 2.67 bits per heavy atom. The Morgan fingerprint density at radius 1 is 1.24 bits per heavy atom. The molecule has 6 nitrogen and oxygen atoms in total. The highest BCUT2D eigenvalue weighted by Crippen LogP contribution is 2.25. The van der Waals surface area contributed by atoms with Crippen LogP contribution in [0.15, 0.2) is 12.4 Å². The molecular formula is C15H25N5O. The number of hydrogen-bond donors (Lipinski definition) is 2. The summed E-state index contributed by atoms with van der Waals surface area (Å²) >= 11 is 0. The van der Waals surface area contributed by atoms with Crippen LogP contribution in [0.3, 0.4) is 0 Å². The molecule has 1 amide bonds. The van der Waals surface area contributed by atoms with Gasteiger partial charge in [0.1, 0.15) is 5.82 Å². The first kappa shape index (κ1) is 14.5. The quantitative estimate of drug-likeness (QED) is 0.843. The second-order valence-electron chi connectivity index (χ2n) is 5.97. The fourth-order valence-electron chi connectivity index (χ4n) is 3.26. The van der Waals surface area contributed by atoms with Gasteiger partial charge in [-0.2, -0.15) is 0 Å². The van der Waals surface area contributed by atoms with Crippen LogP contribution in [0.4, 0.5) is 0 Å². The van der Waals surface area contributed by atoms with Crippen molar-refractivity contribution >= 4 is 5.91 Å². The summed E-state index contributed by atoms with van der Waals surface area (Å²) in [6.45, 7) is 6.62. The van der Waals surface area contributed by atoms with Gasteiger partial charge in [-0.3, -0.25) is 4.79 Å². The first-order chi connectivity index (χ1) is 10.3. The van der Waals surface area contributed by atoms with Gasteiger partial charge in [0.05, 0.1) is 0 Å². The van der Waals surface area contributed by atoms with Gasteiger partial charge in [0, 0.05) is 57.5 Å². The van der Waals surface area contributed by atoms with Crippen molar-refractivity contribution in [2.24, 2.45) is 0 Å². The topological polar surface area (TPSA) is 64.3 Å². The first-order valence-corrected chi connectivity index (χ1v) is 8.03. The van der Waals surface area contributed by atoms with E-state index in [2.05, 4.69) is 20.2 Å². The van der Waals surface area contributed by atoms with Crippen LogP contribution in [0.2, 0.25) is 0 Å². The predicted octanol–water partition coefficient (Wildman–Crippen LogP) is 0.411. The molecule has 0 bridgehead atoms. The summed E-state index contributed by atoms with van der Waals surface area (Å²) in [5.74, 6) is 1.98. The van der Waals surface area contributed by atoms with Gasteiger partial charge in [0.2, 0.25) is 5.91 Å². The monoisotopic (exact) mass is 291 g/mol. The van der Waals surface area contributed by atoms with Crippen molar-refractivity contribution in [2.75, 3.05) is 45.8 Å². The van der Waals surface area contributed by atoms with E-state index in [1.807, 2.05) is 17.3 Å². The van der Waals surface area contributed by atoms with Gasteiger partial charge < -0.3 is 20.1 Å². The van der Waals surface area contributed by atoms with E-state index in [4.69, 9.17) is 0 Å². The zero-order valence-corrected chi connectivity index (χ0v) is 12.6. The predicted molar refractivity (Wildman–Crippen MR) is 81.1 cm³/mol. The Morgan fingerprint density at radius 2 is 2.00 bits per heavy atom. The van der Waals surface area contributed by atoms with E-state index < -0.39 is 0 Å². The Kier molecular flexibility index (Phi) is 4.87. The van der Waals surface area contributed by atoms with Crippen LogP contribution in [0.25, 0.3) is 0 Å². The summed E-state index contributed by atoms with van der Waals surface area (Å²) in [7, 11) is 0. The van der Waals surface area contributed by atoms with Gasteiger partial charge in [0.15, 0.2) is 0 Å². The number of nitrogens with zero attached hydrogens (tertiary/aromatic N) is 3. The van der Waals surface area contributed by atoms with Crippen molar-refractivity contribution in [3.05, 3.63) is 18.2 Å². The van der Waals surface area contributed by atoms with E-state index in [0.29, 0.717) is 18.2 Å². The third-order valence-corrected chi connectivity index (χ3v) is 4.61. The summed E-state index contributed by atoms with van der Waals surface area (Å²) in [6, 6.07) is 0. The Hall–Kier alpha value is -1.40. The number of aromatic nitrogens is 2. The number of hydrogen-bond acceptors (Lipinski definition) is 4. The van der Waals surface area contributed by atoms with E-state index in [0.717, 1.165) is 64.5 Å². The molecule has 2 saturated heterocycles. The second kappa shape index (κ2) is 7.04. The summed E-state index contributed by atoms with van der Waals surface area (Å²) in [5.41, 5.74) is 0. The highest BCUT2D eigenvalue weighted by atomic mass is 16.2. The lowest BCUT2D eigenvalue weighted by Crippen LogP contribution is -2.47. The molecule has 0 aromatic carbocycles. The number of carbonyl (C=O) groups excluding carboxylic acids is 1. The van der Waals surface area contributed by atoms with Crippen molar-refractivity contribution in [1.29, 1.82) is 0 Å². The third kappa shape index (κ3) is 3.83. The SMILES string of the molecule is O=C(CCN1CCC(c2ncc[nH]2)CC1)N1CCNCC1. The number of rotatable bonds is 4. The average molecular weight is 291 g/mol. The number of amides is 1. The van der Waals surface area contributed by atoms with Crippen LogP contribution in [-0.4, -0.2) is 71.5 Å². The maximum atomic E-state index is 12.1. The maximum Gasteiger partial charge on any atom is 0.223 e. The average Bonchev–Trinajstić information content (AvgIpc) is 3.08. The molecule has 0 radical (unpaired) electrons. The largest absolute Gasteiger partial charge is 0.348 e. The van der Waals surface area contributed by atoms with Gasteiger partial charge in [-0.15, -0.1) is 0 Å². The highest BCUT2D eigenvalue weighted by Gasteiger charge is 2.23. The van der Waals surface area contributed by atoms with E-state index in [1.165, 1.54) is 0 Å². The number of H-pyrrole nitrogens is 1. The molecule has 3 heterocycles. The summed E-state index contributed by atoms with van der Waals surface area (Å²) in [5, 5.41) is 3.28. The molecule has 0 atom stereocenters. The number of nitrogens with one attached hydrogen (secondary N) is 2. The number of piperidine rings is 1. The van der Waals surface area contributed by atoms with Crippen molar-refractivity contribution in [3.63, 3.8) is 0 Å². The zero-order valence-electron chi connectivity index (χ0n) is 12.6. The number of aromatic amines is 1. The van der Waals surface area contributed by atoms with Crippen molar-refractivity contribution in [2.45, 2.75) is 25.2 Å². The highest BCUT2D eigenvalue weighted by molar-refractivity contribution is 5.76. The fourth-order valence-corrected chi connectivity index (χ4v) is 3.26. The fraction of sp³-hybridized carbons (Fsp3) is 0.733. The molecule has 0 saturated carbocycles. The molecule has 3 rings (SSSR count). The van der Waals surface area contributed by atoms with Crippen LogP contribution < -0.4 is 5.32 Å². The van der Waals surface area contributed by atoms with Gasteiger partial charge >= 0.3 is 0 Å². The standard InChI is InChI=1S/C15H25N5O/c21-14(20-11-6-16-7-12-20)3-10-19-8-1-13(2-9-19)15-17-4-5-18-15/h4-5,13,16H,1-3,6-12H2,(H,17,18). The van der Waals surface area contributed by atoms with Crippen molar-refractivity contribution in [3.8, 4) is 0 Å². The third-order valence-electron chi connectivity index (χ3n) is 4.61. The maximum absolute atomic E-state index is 12.1. The van der Waals surface area contributed by atoms with E-state index in [-0.39, 0.29) is 0 Å². The molecule has 1 aromatic rings. The second-order valence-corrected chi connectivity index (χ2v) is 5.97. The van der Waals surface area contributed by atoms with E-state index >= 15 is 0 Å². The molecule has 0 spiro atoms. The Bertz CT molecular complexity index is 433. The minimum atomic E-state index is 0.310. The van der Waals surface area contributed by atoms with Gasteiger partial charge in [-0.25, -0.2) is 4.98 Å². The molecule has 2 fully saturated rings. The number of imidazole rings is 1. The van der Waals surface area contributed by atoms with Crippen LogP contribution in [0.5, 0.6) is 0 Å². The summed E-state index contributed by atoms with van der Waals surface area (Å²) < 4.78 is 0. The van der Waals surface area contributed by atoms with E-state index in [1.54, 1.807) is 0 Å². The number of carbonyl (C=O) groups is 1. The lowest BCUT2D eigenvalue weighted by molar-refractivity contribution is -0.132. The molecule has 2 aliphatic heterocycles. The minimum Gasteiger partial charge on any atom is -0.348 e.